The number of rotatable bonds is 8. The SMILES string of the molecule is CCCC[O][V](=[O])[O]CCCC.Cl. The zero-order valence-electron chi connectivity index (χ0n) is 8.32. The fourth-order valence-corrected chi connectivity index (χ4v) is 1.59. The van der Waals surface area contributed by atoms with E-state index in [1.165, 1.54) is 0 Å². The van der Waals surface area contributed by atoms with Crippen molar-refractivity contribution in [1.82, 2.24) is 0 Å². The molecule has 0 bridgehead atoms. The van der Waals surface area contributed by atoms with Crippen molar-refractivity contribution in [2.75, 3.05) is 13.2 Å². The first-order valence-electron chi connectivity index (χ1n) is 4.54. The summed E-state index contributed by atoms with van der Waals surface area (Å²) in [7, 11) is 0. The maximum absolute atomic E-state index is 11.0. The predicted molar refractivity (Wildman–Crippen MR) is 49.7 cm³/mol. The van der Waals surface area contributed by atoms with Gasteiger partial charge in [-0.1, -0.05) is 0 Å². The van der Waals surface area contributed by atoms with Crippen LogP contribution in [0.2, 0.25) is 0 Å². The average Bonchev–Trinajstić information content (AvgIpc) is 2.06. The van der Waals surface area contributed by atoms with Crippen LogP contribution in [0.5, 0.6) is 0 Å². The fourth-order valence-electron chi connectivity index (χ4n) is 0.604. The molecule has 5 heteroatoms. The molecule has 0 spiro atoms. The minimum absolute atomic E-state index is 0. The third-order valence-electron chi connectivity index (χ3n) is 1.39. The molecular formula is C8H19ClO3V. The van der Waals surface area contributed by atoms with E-state index >= 15 is 0 Å². The van der Waals surface area contributed by atoms with E-state index in [4.69, 9.17) is 7.32 Å². The van der Waals surface area contributed by atoms with Crippen molar-refractivity contribution < 1.29 is 26.8 Å². The van der Waals surface area contributed by atoms with Gasteiger partial charge >= 0.3 is 79.5 Å². The van der Waals surface area contributed by atoms with Crippen LogP contribution in [-0.4, -0.2) is 13.2 Å². The Balaban J connectivity index is 0. The van der Waals surface area contributed by atoms with Crippen LogP contribution >= 0.6 is 12.4 Å². The largest absolute Gasteiger partial charge is 0.147 e. The van der Waals surface area contributed by atoms with Crippen LogP contribution in [0.25, 0.3) is 0 Å². The Kier molecular flexibility index (Phi) is 15.5. The summed E-state index contributed by atoms with van der Waals surface area (Å²) in [5, 5.41) is 0. The van der Waals surface area contributed by atoms with Gasteiger partial charge in [0.1, 0.15) is 0 Å². The third-order valence-corrected chi connectivity index (χ3v) is 2.62. The van der Waals surface area contributed by atoms with Gasteiger partial charge in [-0.25, -0.2) is 0 Å². The van der Waals surface area contributed by atoms with Gasteiger partial charge in [-0.2, -0.15) is 0 Å². The second-order valence-electron chi connectivity index (χ2n) is 2.60. The van der Waals surface area contributed by atoms with E-state index < -0.39 is 15.8 Å². The van der Waals surface area contributed by atoms with Gasteiger partial charge in [0.05, 0.1) is 0 Å². The van der Waals surface area contributed by atoms with Gasteiger partial charge in [0.15, 0.2) is 0 Å². The van der Waals surface area contributed by atoms with Crippen LogP contribution in [-0.2, 0) is 26.8 Å². The van der Waals surface area contributed by atoms with Gasteiger partial charge in [-0.05, 0) is 0 Å². The molecule has 0 N–H and O–H groups in total. The summed E-state index contributed by atoms with van der Waals surface area (Å²) in [4.78, 5) is 0. The average molecular weight is 250 g/mol. The molecule has 81 valence electrons. The Bertz CT molecular complexity index is 110. The van der Waals surface area contributed by atoms with Crippen molar-refractivity contribution in [3.05, 3.63) is 0 Å². The van der Waals surface area contributed by atoms with Gasteiger partial charge in [-0.15, -0.1) is 12.4 Å². The Hall–Kier alpha value is 0.594. The Morgan fingerprint density at radius 1 is 1.00 bits per heavy atom. The molecule has 0 radical (unpaired) electrons. The van der Waals surface area contributed by atoms with Crippen LogP contribution < -0.4 is 0 Å². The summed E-state index contributed by atoms with van der Waals surface area (Å²) in [5.74, 6) is 0. The van der Waals surface area contributed by atoms with Gasteiger partial charge in [0.25, 0.3) is 0 Å². The number of unbranched alkanes of at least 4 members (excludes halogenated alkanes) is 2. The number of hydrogen-bond acceptors (Lipinski definition) is 3. The van der Waals surface area contributed by atoms with Gasteiger partial charge < -0.3 is 0 Å². The molecule has 0 rings (SSSR count). The number of hydrogen-bond donors (Lipinski definition) is 0. The summed E-state index contributed by atoms with van der Waals surface area (Å²) in [6, 6.07) is 0. The van der Waals surface area contributed by atoms with Gasteiger partial charge in [0, 0.05) is 0 Å². The molecular weight excluding hydrogens is 230 g/mol. The minimum Gasteiger partial charge on any atom is -0.147 e. The van der Waals surface area contributed by atoms with E-state index in [0.29, 0.717) is 13.2 Å². The minimum atomic E-state index is -2.58. The van der Waals surface area contributed by atoms with E-state index in [1.807, 2.05) is 0 Å². The zero-order valence-corrected chi connectivity index (χ0v) is 10.5. The van der Waals surface area contributed by atoms with Crippen LogP contribution in [0.1, 0.15) is 39.5 Å². The quantitative estimate of drug-likeness (QED) is 0.621. The molecule has 0 aromatic carbocycles. The van der Waals surface area contributed by atoms with E-state index in [1.54, 1.807) is 0 Å². The second-order valence-corrected chi connectivity index (χ2v) is 4.10. The molecule has 0 atom stereocenters. The van der Waals surface area contributed by atoms with Crippen LogP contribution in [0, 0.1) is 0 Å². The smallest absolute Gasteiger partial charge is 0.147 e. The molecule has 0 heterocycles. The number of halogens is 1. The van der Waals surface area contributed by atoms with Crippen molar-refractivity contribution >= 4 is 12.4 Å². The summed E-state index contributed by atoms with van der Waals surface area (Å²) >= 11 is -2.58. The first kappa shape index (κ1) is 16.0. The summed E-state index contributed by atoms with van der Waals surface area (Å²) in [6.45, 7) is 5.30. The summed E-state index contributed by atoms with van der Waals surface area (Å²) < 4.78 is 21.0. The van der Waals surface area contributed by atoms with Crippen LogP contribution in [0.15, 0.2) is 0 Å². The molecule has 0 aliphatic heterocycles. The molecule has 0 aliphatic carbocycles. The van der Waals surface area contributed by atoms with E-state index in [-0.39, 0.29) is 12.4 Å². The third kappa shape index (κ3) is 12.6. The molecule has 0 aliphatic rings. The molecule has 0 aromatic rings. The summed E-state index contributed by atoms with van der Waals surface area (Å²) in [5.41, 5.74) is 0. The maximum Gasteiger partial charge on any atom is -0.147 e. The Labute approximate surface area is 92.1 Å². The second kappa shape index (κ2) is 12.6. The molecule has 0 unspecified atom stereocenters. The Morgan fingerprint density at radius 3 is 1.69 bits per heavy atom. The van der Waals surface area contributed by atoms with E-state index in [2.05, 4.69) is 13.8 Å². The van der Waals surface area contributed by atoms with E-state index in [0.717, 1.165) is 25.7 Å². The molecule has 3 nitrogen and oxygen atoms in total. The van der Waals surface area contributed by atoms with Gasteiger partial charge in [0.2, 0.25) is 0 Å². The molecule has 13 heavy (non-hydrogen) atoms. The van der Waals surface area contributed by atoms with Crippen molar-refractivity contribution in [3.8, 4) is 0 Å². The molecule has 0 saturated heterocycles. The standard InChI is InChI=1S/2C4H9O.ClH.O.V/c2*1-2-3-4-5;;;/h2*2-4H2,1H3;1H;;/q2*-1;;;+2. The van der Waals surface area contributed by atoms with Crippen molar-refractivity contribution in [2.24, 2.45) is 0 Å². The van der Waals surface area contributed by atoms with Gasteiger partial charge in [-0.3, -0.25) is 0 Å². The molecule has 0 fully saturated rings. The molecule has 0 amide bonds. The summed E-state index contributed by atoms with van der Waals surface area (Å²) in [6.07, 6.45) is 4.06. The molecule has 0 aromatic heterocycles. The van der Waals surface area contributed by atoms with Crippen molar-refractivity contribution in [1.29, 1.82) is 0 Å². The zero-order chi connectivity index (χ0) is 9.23. The monoisotopic (exact) mass is 249 g/mol. The predicted octanol–water partition coefficient (Wildman–Crippen LogP) is 2.84. The first-order chi connectivity index (χ1) is 5.81. The topological polar surface area (TPSA) is 35.5 Å². The van der Waals surface area contributed by atoms with Crippen LogP contribution in [0.4, 0.5) is 0 Å². The van der Waals surface area contributed by atoms with Crippen molar-refractivity contribution in [2.45, 2.75) is 39.5 Å². The Morgan fingerprint density at radius 2 is 1.38 bits per heavy atom. The first-order valence-corrected chi connectivity index (χ1v) is 6.25. The normalized spacial score (nSPS) is 9.38. The molecule has 0 saturated carbocycles. The van der Waals surface area contributed by atoms with Crippen LogP contribution in [0.3, 0.4) is 0 Å². The maximum atomic E-state index is 11.0. The van der Waals surface area contributed by atoms with E-state index in [9.17, 15) is 3.67 Å². The van der Waals surface area contributed by atoms with Crippen molar-refractivity contribution in [3.63, 3.8) is 0 Å². The fraction of sp³-hybridized carbons (Fsp3) is 1.00.